The number of aliphatic hydroxyl groups is 1. The minimum atomic E-state index is -0.804. The molecule has 1 unspecified atom stereocenters. The molecule has 0 aliphatic carbocycles. The van der Waals surface area contributed by atoms with Crippen LogP contribution in [0.5, 0.6) is 11.5 Å². The standard InChI is InChI=1S/C9H11FO3/c1-5(11)6-3-8(12)7(10)4-9(6)13-2/h3-5,11-12H,1-2H3. The molecule has 0 heterocycles. The molecule has 4 heteroatoms. The summed E-state index contributed by atoms with van der Waals surface area (Å²) in [6.45, 7) is 1.51. The van der Waals surface area contributed by atoms with Gasteiger partial charge in [0.1, 0.15) is 5.75 Å². The van der Waals surface area contributed by atoms with E-state index in [0.717, 1.165) is 12.1 Å². The molecule has 72 valence electrons. The van der Waals surface area contributed by atoms with E-state index in [0.29, 0.717) is 5.56 Å². The van der Waals surface area contributed by atoms with Gasteiger partial charge in [-0.25, -0.2) is 4.39 Å². The minimum Gasteiger partial charge on any atom is -0.505 e. The fraction of sp³-hybridized carbons (Fsp3) is 0.333. The van der Waals surface area contributed by atoms with Crippen LogP contribution < -0.4 is 4.74 Å². The van der Waals surface area contributed by atoms with Crippen molar-refractivity contribution >= 4 is 0 Å². The number of aromatic hydroxyl groups is 1. The Morgan fingerprint density at radius 1 is 1.46 bits per heavy atom. The zero-order chi connectivity index (χ0) is 10.0. The SMILES string of the molecule is COc1cc(F)c(O)cc1C(C)O. The highest BCUT2D eigenvalue weighted by molar-refractivity contribution is 5.41. The zero-order valence-electron chi connectivity index (χ0n) is 7.41. The van der Waals surface area contributed by atoms with Crippen LogP contribution in [0, 0.1) is 5.82 Å². The summed E-state index contributed by atoms with van der Waals surface area (Å²) < 4.78 is 17.6. The number of methoxy groups -OCH3 is 1. The zero-order valence-corrected chi connectivity index (χ0v) is 7.41. The van der Waals surface area contributed by atoms with Crippen molar-refractivity contribution in [3.63, 3.8) is 0 Å². The van der Waals surface area contributed by atoms with Crippen molar-refractivity contribution in [2.75, 3.05) is 7.11 Å². The highest BCUT2D eigenvalue weighted by Gasteiger charge is 2.13. The Bertz CT molecular complexity index is 310. The van der Waals surface area contributed by atoms with Gasteiger partial charge < -0.3 is 14.9 Å². The second-order valence-electron chi connectivity index (χ2n) is 2.72. The molecule has 0 fully saturated rings. The minimum absolute atomic E-state index is 0.227. The van der Waals surface area contributed by atoms with Crippen LogP contribution in [0.25, 0.3) is 0 Å². The third kappa shape index (κ3) is 1.89. The van der Waals surface area contributed by atoms with Crippen LogP contribution in [-0.4, -0.2) is 17.3 Å². The van der Waals surface area contributed by atoms with Gasteiger partial charge in [0.25, 0.3) is 0 Å². The topological polar surface area (TPSA) is 49.7 Å². The van der Waals surface area contributed by atoms with E-state index in [4.69, 9.17) is 9.84 Å². The Labute approximate surface area is 75.4 Å². The first-order valence-corrected chi connectivity index (χ1v) is 3.80. The van der Waals surface area contributed by atoms with Gasteiger partial charge in [-0.15, -0.1) is 0 Å². The van der Waals surface area contributed by atoms with Crippen molar-refractivity contribution in [2.45, 2.75) is 13.0 Å². The Balaban J connectivity index is 3.25. The van der Waals surface area contributed by atoms with Gasteiger partial charge >= 0.3 is 0 Å². The summed E-state index contributed by atoms with van der Waals surface area (Å²) >= 11 is 0. The molecule has 2 N–H and O–H groups in total. The molecule has 13 heavy (non-hydrogen) atoms. The molecule has 0 bridgehead atoms. The van der Waals surface area contributed by atoms with Crippen LogP contribution in [0.15, 0.2) is 12.1 Å². The third-order valence-electron chi connectivity index (χ3n) is 1.75. The summed E-state index contributed by atoms with van der Waals surface area (Å²) in [6, 6.07) is 2.19. The molecular formula is C9H11FO3. The van der Waals surface area contributed by atoms with Crippen LogP contribution in [0.2, 0.25) is 0 Å². The van der Waals surface area contributed by atoms with E-state index in [-0.39, 0.29) is 5.75 Å². The molecule has 1 rings (SSSR count). The number of rotatable bonds is 2. The van der Waals surface area contributed by atoms with E-state index in [9.17, 15) is 9.50 Å². The quantitative estimate of drug-likeness (QED) is 0.737. The van der Waals surface area contributed by atoms with Crippen LogP contribution in [0.1, 0.15) is 18.6 Å². The summed E-state index contributed by atoms with van der Waals surface area (Å²) in [6.07, 6.45) is -0.804. The molecule has 1 atom stereocenters. The monoisotopic (exact) mass is 186 g/mol. The molecule has 0 aliphatic heterocycles. The maximum atomic E-state index is 12.8. The molecule has 1 aromatic carbocycles. The first-order valence-electron chi connectivity index (χ1n) is 3.80. The number of aliphatic hydroxyl groups excluding tert-OH is 1. The summed E-state index contributed by atoms with van der Waals surface area (Å²) in [5, 5.41) is 18.3. The van der Waals surface area contributed by atoms with Crippen molar-refractivity contribution in [3.05, 3.63) is 23.5 Å². The lowest BCUT2D eigenvalue weighted by molar-refractivity contribution is 0.193. The maximum Gasteiger partial charge on any atom is 0.168 e. The lowest BCUT2D eigenvalue weighted by Crippen LogP contribution is -1.97. The molecule has 0 amide bonds. The molecular weight excluding hydrogens is 175 g/mol. The van der Waals surface area contributed by atoms with Crippen molar-refractivity contribution in [1.82, 2.24) is 0 Å². The van der Waals surface area contributed by atoms with E-state index in [2.05, 4.69) is 0 Å². The summed E-state index contributed by atoms with van der Waals surface area (Å²) in [5.41, 5.74) is 0.362. The number of halogens is 1. The van der Waals surface area contributed by atoms with Crippen molar-refractivity contribution in [2.24, 2.45) is 0 Å². The van der Waals surface area contributed by atoms with E-state index in [1.54, 1.807) is 0 Å². The van der Waals surface area contributed by atoms with E-state index in [1.165, 1.54) is 14.0 Å². The largest absolute Gasteiger partial charge is 0.505 e. The van der Waals surface area contributed by atoms with Crippen molar-refractivity contribution in [1.29, 1.82) is 0 Å². The first kappa shape index (κ1) is 9.80. The van der Waals surface area contributed by atoms with Gasteiger partial charge in [-0.2, -0.15) is 0 Å². The van der Waals surface area contributed by atoms with Gasteiger partial charge in [-0.1, -0.05) is 0 Å². The molecule has 0 spiro atoms. The fourth-order valence-corrected chi connectivity index (χ4v) is 1.06. The van der Waals surface area contributed by atoms with Crippen LogP contribution in [0.3, 0.4) is 0 Å². The van der Waals surface area contributed by atoms with Gasteiger partial charge in [-0.3, -0.25) is 0 Å². The number of phenols is 1. The Morgan fingerprint density at radius 2 is 2.08 bits per heavy atom. The molecule has 3 nitrogen and oxygen atoms in total. The van der Waals surface area contributed by atoms with Gasteiger partial charge in [0.15, 0.2) is 11.6 Å². The van der Waals surface area contributed by atoms with Gasteiger partial charge in [0.2, 0.25) is 0 Å². The predicted octanol–water partition coefficient (Wildman–Crippen LogP) is 1.59. The third-order valence-corrected chi connectivity index (χ3v) is 1.75. The smallest absolute Gasteiger partial charge is 0.168 e. The van der Waals surface area contributed by atoms with Gasteiger partial charge in [0.05, 0.1) is 13.2 Å². The number of benzene rings is 1. The lowest BCUT2D eigenvalue weighted by Gasteiger charge is -2.11. The lowest BCUT2D eigenvalue weighted by atomic mass is 10.1. The number of ether oxygens (including phenoxy) is 1. The highest BCUT2D eigenvalue weighted by atomic mass is 19.1. The molecule has 0 saturated carbocycles. The molecule has 0 aromatic heterocycles. The second kappa shape index (κ2) is 3.62. The average molecular weight is 186 g/mol. The molecule has 0 aliphatic rings. The van der Waals surface area contributed by atoms with E-state index < -0.39 is 17.7 Å². The number of hydrogen-bond acceptors (Lipinski definition) is 3. The Hall–Kier alpha value is -1.29. The van der Waals surface area contributed by atoms with E-state index in [1.807, 2.05) is 0 Å². The fourth-order valence-electron chi connectivity index (χ4n) is 1.06. The van der Waals surface area contributed by atoms with Crippen LogP contribution in [-0.2, 0) is 0 Å². The number of phenolic OH excluding ortho intramolecular Hbond substituents is 1. The van der Waals surface area contributed by atoms with Gasteiger partial charge in [0, 0.05) is 11.6 Å². The average Bonchev–Trinajstić information content (AvgIpc) is 2.08. The van der Waals surface area contributed by atoms with E-state index >= 15 is 0 Å². The first-order chi connectivity index (χ1) is 6.06. The Morgan fingerprint density at radius 3 is 2.54 bits per heavy atom. The molecule has 0 saturated heterocycles. The number of hydrogen-bond donors (Lipinski definition) is 2. The Kier molecular flexibility index (Phi) is 2.72. The van der Waals surface area contributed by atoms with Crippen LogP contribution in [0.4, 0.5) is 4.39 Å². The predicted molar refractivity (Wildman–Crippen MR) is 45.3 cm³/mol. The van der Waals surface area contributed by atoms with Crippen molar-refractivity contribution < 1.29 is 19.3 Å². The molecule has 0 radical (unpaired) electrons. The summed E-state index contributed by atoms with van der Waals surface area (Å²) in [7, 11) is 1.37. The van der Waals surface area contributed by atoms with Crippen LogP contribution >= 0.6 is 0 Å². The second-order valence-corrected chi connectivity index (χ2v) is 2.72. The van der Waals surface area contributed by atoms with Gasteiger partial charge in [-0.05, 0) is 13.0 Å². The maximum absolute atomic E-state index is 12.8. The highest BCUT2D eigenvalue weighted by Crippen LogP contribution is 2.30. The van der Waals surface area contributed by atoms with Crippen molar-refractivity contribution in [3.8, 4) is 11.5 Å². The summed E-state index contributed by atoms with van der Waals surface area (Å²) in [5.74, 6) is -1.02. The molecule has 1 aromatic rings. The summed E-state index contributed by atoms with van der Waals surface area (Å²) in [4.78, 5) is 0. The normalized spacial score (nSPS) is 12.6.